The van der Waals surface area contributed by atoms with Crippen LogP contribution < -0.4 is 5.32 Å². The summed E-state index contributed by atoms with van der Waals surface area (Å²) < 4.78 is 5.49. The second-order valence-electron chi connectivity index (χ2n) is 3.49. The van der Waals surface area contributed by atoms with Crippen molar-refractivity contribution in [1.29, 1.82) is 0 Å². The SMILES string of the molecule is Cc1nonc1NC(=O)CSc1cccc(Br)c1. The van der Waals surface area contributed by atoms with Crippen LogP contribution in [0.5, 0.6) is 0 Å². The second-order valence-corrected chi connectivity index (χ2v) is 5.46. The zero-order valence-corrected chi connectivity index (χ0v) is 11.9. The Bertz CT molecular complexity index is 559. The predicted molar refractivity (Wildman–Crippen MR) is 72.5 cm³/mol. The third-order valence-corrected chi connectivity index (χ3v) is 3.56. The van der Waals surface area contributed by atoms with Crippen LogP contribution in [0.15, 0.2) is 38.3 Å². The van der Waals surface area contributed by atoms with E-state index in [-0.39, 0.29) is 5.91 Å². The second kappa shape index (κ2) is 6.01. The first-order chi connectivity index (χ1) is 8.65. The fourth-order valence-electron chi connectivity index (χ4n) is 1.22. The lowest BCUT2D eigenvalue weighted by Crippen LogP contribution is -2.14. The predicted octanol–water partition coefficient (Wildman–Crippen LogP) is 2.87. The van der Waals surface area contributed by atoms with Gasteiger partial charge in [-0.3, -0.25) is 4.79 Å². The number of thioether (sulfide) groups is 1. The van der Waals surface area contributed by atoms with E-state index in [1.165, 1.54) is 11.8 Å². The van der Waals surface area contributed by atoms with Crippen LogP contribution in [0.2, 0.25) is 0 Å². The molecule has 0 aliphatic heterocycles. The molecule has 5 nitrogen and oxygen atoms in total. The van der Waals surface area contributed by atoms with E-state index in [2.05, 4.69) is 36.2 Å². The summed E-state index contributed by atoms with van der Waals surface area (Å²) in [5, 5.41) is 9.81. The summed E-state index contributed by atoms with van der Waals surface area (Å²) >= 11 is 4.83. The average molecular weight is 328 g/mol. The van der Waals surface area contributed by atoms with Crippen molar-refractivity contribution in [3.8, 4) is 0 Å². The minimum Gasteiger partial charge on any atom is -0.306 e. The molecular formula is C11H10BrN3O2S. The number of rotatable bonds is 4. The Labute approximate surface area is 116 Å². The third kappa shape index (κ3) is 3.58. The summed E-state index contributed by atoms with van der Waals surface area (Å²) in [4.78, 5) is 12.7. The van der Waals surface area contributed by atoms with E-state index in [1.807, 2.05) is 24.3 Å². The van der Waals surface area contributed by atoms with Gasteiger partial charge in [-0.05, 0) is 30.3 Å². The first-order valence-electron chi connectivity index (χ1n) is 5.12. The molecular weight excluding hydrogens is 318 g/mol. The maximum absolute atomic E-state index is 11.7. The van der Waals surface area contributed by atoms with E-state index in [4.69, 9.17) is 0 Å². The van der Waals surface area contributed by atoms with E-state index >= 15 is 0 Å². The van der Waals surface area contributed by atoms with Gasteiger partial charge >= 0.3 is 0 Å². The van der Waals surface area contributed by atoms with Crippen LogP contribution >= 0.6 is 27.7 Å². The van der Waals surface area contributed by atoms with Gasteiger partial charge in [-0.2, -0.15) is 0 Å². The molecule has 1 amide bonds. The summed E-state index contributed by atoms with van der Waals surface area (Å²) in [6.07, 6.45) is 0. The van der Waals surface area contributed by atoms with Crippen molar-refractivity contribution in [3.63, 3.8) is 0 Å². The zero-order valence-electron chi connectivity index (χ0n) is 9.51. The van der Waals surface area contributed by atoms with Crippen molar-refractivity contribution in [2.45, 2.75) is 11.8 Å². The van der Waals surface area contributed by atoms with E-state index < -0.39 is 0 Å². The number of nitrogens with one attached hydrogen (secondary N) is 1. The molecule has 0 radical (unpaired) electrons. The number of hydrogen-bond donors (Lipinski definition) is 1. The molecule has 0 atom stereocenters. The minimum atomic E-state index is -0.140. The molecule has 0 saturated heterocycles. The van der Waals surface area contributed by atoms with Gasteiger partial charge in [-0.25, -0.2) is 4.63 Å². The van der Waals surface area contributed by atoms with Gasteiger partial charge in [0.2, 0.25) is 5.91 Å². The first kappa shape index (κ1) is 13.1. The largest absolute Gasteiger partial charge is 0.306 e. The van der Waals surface area contributed by atoms with Crippen LogP contribution in [0.3, 0.4) is 0 Å². The van der Waals surface area contributed by atoms with Gasteiger partial charge in [0.15, 0.2) is 5.82 Å². The lowest BCUT2D eigenvalue weighted by atomic mass is 10.4. The fourth-order valence-corrected chi connectivity index (χ4v) is 2.52. The monoisotopic (exact) mass is 327 g/mol. The smallest absolute Gasteiger partial charge is 0.236 e. The normalized spacial score (nSPS) is 10.3. The number of hydrogen-bond acceptors (Lipinski definition) is 5. The molecule has 0 aliphatic carbocycles. The fraction of sp³-hybridized carbons (Fsp3) is 0.182. The standard InChI is InChI=1S/C11H10BrN3O2S/c1-7-11(15-17-14-7)13-10(16)6-18-9-4-2-3-8(12)5-9/h2-5H,6H2,1H3,(H,13,15,16). The molecule has 0 unspecified atom stereocenters. The minimum absolute atomic E-state index is 0.140. The number of benzene rings is 1. The van der Waals surface area contributed by atoms with Gasteiger partial charge in [0.25, 0.3) is 0 Å². The Kier molecular flexibility index (Phi) is 4.38. The first-order valence-corrected chi connectivity index (χ1v) is 6.90. The molecule has 1 aromatic carbocycles. The molecule has 1 N–H and O–H groups in total. The molecule has 0 saturated carbocycles. The van der Waals surface area contributed by atoms with Crippen LogP contribution in [0.4, 0.5) is 5.82 Å². The van der Waals surface area contributed by atoms with Gasteiger partial charge in [0.1, 0.15) is 5.69 Å². The number of halogens is 1. The van der Waals surface area contributed by atoms with Crippen molar-refractivity contribution < 1.29 is 9.42 Å². The molecule has 1 aromatic heterocycles. The Morgan fingerprint density at radius 1 is 1.50 bits per heavy atom. The number of aromatic nitrogens is 2. The van der Waals surface area contributed by atoms with Crippen LogP contribution in [-0.4, -0.2) is 22.0 Å². The van der Waals surface area contributed by atoms with Crippen LogP contribution in [0, 0.1) is 6.92 Å². The van der Waals surface area contributed by atoms with Crippen molar-refractivity contribution in [2.75, 3.05) is 11.1 Å². The highest BCUT2D eigenvalue weighted by molar-refractivity contribution is 9.10. The van der Waals surface area contributed by atoms with Crippen molar-refractivity contribution >= 4 is 39.4 Å². The summed E-state index contributed by atoms with van der Waals surface area (Å²) in [5.41, 5.74) is 0.566. The van der Waals surface area contributed by atoms with Gasteiger partial charge in [-0.1, -0.05) is 27.2 Å². The number of nitrogens with zero attached hydrogens (tertiary/aromatic N) is 2. The number of amides is 1. The summed E-state index contributed by atoms with van der Waals surface area (Å²) in [5.74, 6) is 0.538. The maximum atomic E-state index is 11.7. The molecule has 0 bridgehead atoms. The van der Waals surface area contributed by atoms with E-state index in [1.54, 1.807) is 6.92 Å². The number of aryl methyl sites for hydroxylation is 1. The van der Waals surface area contributed by atoms with Gasteiger partial charge in [-0.15, -0.1) is 11.8 Å². The highest BCUT2D eigenvalue weighted by Crippen LogP contribution is 2.22. The summed E-state index contributed by atoms with van der Waals surface area (Å²) in [6.45, 7) is 1.72. The van der Waals surface area contributed by atoms with Crippen LogP contribution in [0.25, 0.3) is 0 Å². The van der Waals surface area contributed by atoms with Crippen molar-refractivity contribution in [3.05, 3.63) is 34.4 Å². The molecule has 2 rings (SSSR count). The van der Waals surface area contributed by atoms with Gasteiger partial charge in [0.05, 0.1) is 5.75 Å². The molecule has 1 heterocycles. The van der Waals surface area contributed by atoms with Gasteiger partial charge in [0, 0.05) is 9.37 Å². The Balaban J connectivity index is 1.87. The number of carbonyl (C=O) groups excluding carboxylic acids is 1. The lowest BCUT2D eigenvalue weighted by Gasteiger charge is -2.02. The Morgan fingerprint density at radius 3 is 3.00 bits per heavy atom. The zero-order chi connectivity index (χ0) is 13.0. The highest BCUT2D eigenvalue weighted by Gasteiger charge is 2.09. The lowest BCUT2D eigenvalue weighted by molar-refractivity contribution is -0.113. The van der Waals surface area contributed by atoms with E-state index in [0.717, 1.165) is 9.37 Å². The summed E-state index contributed by atoms with van der Waals surface area (Å²) in [7, 11) is 0. The molecule has 7 heteroatoms. The van der Waals surface area contributed by atoms with Crippen molar-refractivity contribution in [2.24, 2.45) is 0 Å². The maximum Gasteiger partial charge on any atom is 0.236 e. The molecule has 0 spiro atoms. The summed E-state index contributed by atoms with van der Waals surface area (Å²) in [6, 6.07) is 7.77. The van der Waals surface area contributed by atoms with E-state index in [0.29, 0.717) is 17.3 Å². The number of carbonyl (C=O) groups is 1. The molecule has 2 aromatic rings. The van der Waals surface area contributed by atoms with E-state index in [9.17, 15) is 4.79 Å². The Hall–Kier alpha value is -1.34. The quantitative estimate of drug-likeness (QED) is 0.874. The molecule has 94 valence electrons. The molecule has 0 aliphatic rings. The number of anilines is 1. The van der Waals surface area contributed by atoms with Crippen LogP contribution in [-0.2, 0) is 4.79 Å². The van der Waals surface area contributed by atoms with Gasteiger partial charge < -0.3 is 5.32 Å². The highest BCUT2D eigenvalue weighted by atomic mass is 79.9. The average Bonchev–Trinajstić information content (AvgIpc) is 2.73. The van der Waals surface area contributed by atoms with Crippen molar-refractivity contribution in [1.82, 2.24) is 10.3 Å². The van der Waals surface area contributed by atoms with Crippen LogP contribution in [0.1, 0.15) is 5.69 Å². The molecule has 18 heavy (non-hydrogen) atoms. The Morgan fingerprint density at radius 2 is 2.33 bits per heavy atom. The molecule has 0 fully saturated rings. The third-order valence-electron chi connectivity index (χ3n) is 2.08. The topological polar surface area (TPSA) is 68.0 Å².